The number of rotatable bonds is 5. The number of benzene rings is 1. The fourth-order valence-electron chi connectivity index (χ4n) is 2.55. The highest BCUT2D eigenvalue weighted by atomic mass is 32.2. The number of hydrogen-bond donors (Lipinski definition) is 1. The molecule has 0 unspecified atom stereocenters. The van der Waals surface area contributed by atoms with Crippen LogP contribution in [0.2, 0.25) is 0 Å². The molecule has 2 heterocycles. The Balaban J connectivity index is 1.83. The Hall–Kier alpha value is -2.60. The fraction of sp³-hybridized carbons (Fsp3) is 0.211. The lowest BCUT2D eigenvalue weighted by Crippen LogP contribution is -2.16. The van der Waals surface area contributed by atoms with Gasteiger partial charge in [-0.1, -0.05) is 42.1 Å². The summed E-state index contributed by atoms with van der Waals surface area (Å²) in [6, 6.07) is 9.80. The molecule has 1 aromatic carbocycles. The molecular formula is C19H19N3O2S. The van der Waals surface area contributed by atoms with E-state index in [0.29, 0.717) is 22.2 Å². The van der Waals surface area contributed by atoms with Gasteiger partial charge in [0.25, 0.3) is 5.91 Å². The molecule has 3 aromatic rings. The van der Waals surface area contributed by atoms with Crippen LogP contribution < -0.4 is 5.73 Å². The van der Waals surface area contributed by atoms with Gasteiger partial charge in [-0.2, -0.15) is 0 Å². The third-order valence-corrected chi connectivity index (χ3v) is 5.11. The normalized spacial score (nSPS) is 10.8. The number of thioether (sulfide) groups is 1. The van der Waals surface area contributed by atoms with Crippen LogP contribution in [0.25, 0.3) is 11.3 Å². The molecule has 0 aliphatic rings. The van der Waals surface area contributed by atoms with Crippen molar-refractivity contribution in [3.8, 4) is 11.3 Å². The van der Waals surface area contributed by atoms with E-state index in [4.69, 9.17) is 10.2 Å². The molecule has 5 nitrogen and oxygen atoms in total. The molecule has 25 heavy (non-hydrogen) atoms. The number of primary amides is 1. The van der Waals surface area contributed by atoms with Gasteiger partial charge in [0.2, 0.25) is 5.89 Å². The van der Waals surface area contributed by atoms with Crippen molar-refractivity contribution in [1.29, 1.82) is 0 Å². The number of carbonyl (C=O) groups excluding carboxylic acids is 1. The lowest BCUT2D eigenvalue weighted by molar-refractivity contribution is 0.0996. The molecule has 2 N–H and O–H groups in total. The van der Waals surface area contributed by atoms with E-state index >= 15 is 0 Å². The van der Waals surface area contributed by atoms with Crippen LogP contribution in [0.3, 0.4) is 0 Å². The summed E-state index contributed by atoms with van der Waals surface area (Å²) in [7, 11) is 0. The van der Waals surface area contributed by atoms with Crippen molar-refractivity contribution in [2.45, 2.75) is 31.6 Å². The van der Waals surface area contributed by atoms with Gasteiger partial charge in [0.05, 0.1) is 17.5 Å². The van der Waals surface area contributed by atoms with Crippen molar-refractivity contribution >= 4 is 17.7 Å². The van der Waals surface area contributed by atoms with E-state index in [2.05, 4.69) is 9.97 Å². The molecule has 0 spiro atoms. The SMILES string of the molecule is Cc1nc(SCc2ncc(-c3ccccc3)o2)c(C(N)=O)c(C)c1C. The minimum atomic E-state index is -0.465. The van der Waals surface area contributed by atoms with E-state index in [0.717, 1.165) is 28.1 Å². The lowest BCUT2D eigenvalue weighted by atomic mass is 10.0. The minimum absolute atomic E-state index is 0.465. The van der Waals surface area contributed by atoms with Gasteiger partial charge in [0.1, 0.15) is 5.03 Å². The molecule has 0 atom stereocenters. The largest absolute Gasteiger partial charge is 0.440 e. The maximum atomic E-state index is 11.8. The van der Waals surface area contributed by atoms with Gasteiger partial charge >= 0.3 is 0 Å². The summed E-state index contributed by atoms with van der Waals surface area (Å²) in [6.45, 7) is 5.77. The predicted octanol–water partition coefficient (Wildman–Crippen LogP) is 4.05. The molecule has 0 radical (unpaired) electrons. The quantitative estimate of drug-likeness (QED) is 0.700. The first-order chi connectivity index (χ1) is 12.0. The standard InChI is InChI=1S/C19H19N3O2S/c1-11-12(2)17(18(20)23)19(22-13(11)3)25-10-16-21-9-15(24-16)14-7-5-4-6-8-14/h4-9H,10H2,1-3H3,(H2,20,23). The summed E-state index contributed by atoms with van der Waals surface area (Å²) in [4.78, 5) is 20.7. The summed E-state index contributed by atoms with van der Waals surface area (Å²) in [6.07, 6.45) is 1.71. The predicted molar refractivity (Wildman–Crippen MR) is 98.5 cm³/mol. The number of carbonyl (C=O) groups is 1. The zero-order valence-electron chi connectivity index (χ0n) is 14.4. The van der Waals surface area contributed by atoms with Gasteiger partial charge in [0, 0.05) is 11.3 Å². The summed E-state index contributed by atoms with van der Waals surface area (Å²) in [5.41, 5.74) is 9.76. The van der Waals surface area contributed by atoms with E-state index in [1.807, 2.05) is 51.1 Å². The minimum Gasteiger partial charge on any atom is -0.440 e. The fourth-order valence-corrected chi connectivity index (χ4v) is 3.54. The van der Waals surface area contributed by atoms with E-state index in [-0.39, 0.29) is 0 Å². The zero-order valence-corrected chi connectivity index (χ0v) is 15.2. The average molecular weight is 353 g/mol. The van der Waals surface area contributed by atoms with Crippen molar-refractivity contribution in [2.24, 2.45) is 5.73 Å². The highest BCUT2D eigenvalue weighted by Crippen LogP contribution is 2.30. The average Bonchev–Trinajstić information content (AvgIpc) is 3.07. The Bertz CT molecular complexity index is 920. The second-order valence-electron chi connectivity index (χ2n) is 5.76. The second kappa shape index (κ2) is 7.11. The Kier molecular flexibility index (Phi) is 4.90. The molecule has 0 saturated carbocycles. The topological polar surface area (TPSA) is 82.0 Å². The Morgan fingerprint density at radius 3 is 2.56 bits per heavy atom. The summed E-state index contributed by atoms with van der Waals surface area (Å²) in [5.74, 6) is 1.31. The molecule has 0 saturated heterocycles. The Morgan fingerprint density at radius 2 is 1.88 bits per heavy atom. The molecule has 128 valence electrons. The number of aromatic nitrogens is 2. The van der Waals surface area contributed by atoms with Gasteiger partial charge in [-0.05, 0) is 31.9 Å². The highest BCUT2D eigenvalue weighted by Gasteiger charge is 2.18. The first kappa shape index (κ1) is 17.2. The zero-order chi connectivity index (χ0) is 18.0. The van der Waals surface area contributed by atoms with Crippen molar-refractivity contribution in [3.05, 3.63) is 64.8 Å². The molecule has 0 aliphatic carbocycles. The number of pyridine rings is 1. The van der Waals surface area contributed by atoms with Gasteiger partial charge in [0.15, 0.2) is 5.76 Å². The van der Waals surface area contributed by atoms with Crippen molar-refractivity contribution in [3.63, 3.8) is 0 Å². The molecule has 0 aliphatic heterocycles. The Labute approximate surface area is 150 Å². The smallest absolute Gasteiger partial charge is 0.251 e. The molecule has 6 heteroatoms. The van der Waals surface area contributed by atoms with Crippen LogP contribution in [0.1, 0.15) is 33.1 Å². The van der Waals surface area contributed by atoms with Gasteiger partial charge < -0.3 is 10.2 Å². The number of hydrogen-bond acceptors (Lipinski definition) is 5. The van der Waals surface area contributed by atoms with Gasteiger partial charge in [-0.15, -0.1) is 0 Å². The molecule has 0 fully saturated rings. The van der Waals surface area contributed by atoms with Crippen LogP contribution in [-0.2, 0) is 5.75 Å². The van der Waals surface area contributed by atoms with E-state index in [9.17, 15) is 4.79 Å². The molecule has 0 bridgehead atoms. The number of oxazole rings is 1. The van der Waals surface area contributed by atoms with Crippen molar-refractivity contribution in [2.75, 3.05) is 0 Å². The highest BCUT2D eigenvalue weighted by molar-refractivity contribution is 7.98. The monoisotopic (exact) mass is 353 g/mol. The van der Waals surface area contributed by atoms with Crippen molar-refractivity contribution < 1.29 is 9.21 Å². The third kappa shape index (κ3) is 3.58. The first-order valence-electron chi connectivity index (χ1n) is 7.88. The van der Waals surface area contributed by atoms with Gasteiger partial charge in [-0.25, -0.2) is 9.97 Å². The van der Waals surface area contributed by atoms with Crippen LogP contribution in [0.15, 0.2) is 46.0 Å². The number of aryl methyl sites for hydroxylation is 1. The number of nitrogens with two attached hydrogens (primary N) is 1. The second-order valence-corrected chi connectivity index (χ2v) is 6.73. The van der Waals surface area contributed by atoms with Gasteiger partial charge in [-0.3, -0.25) is 4.79 Å². The van der Waals surface area contributed by atoms with Crippen LogP contribution in [0.5, 0.6) is 0 Å². The molecular weight excluding hydrogens is 334 g/mol. The van der Waals surface area contributed by atoms with Crippen LogP contribution in [0, 0.1) is 20.8 Å². The van der Waals surface area contributed by atoms with Crippen LogP contribution in [0.4, 0.5) is 0 Å². The van der Waals surface area contributed by atoms with Crippen LogP contribution in [-0.4, -0.2) is 15.9 Å². The maximum absolute atomic E-state index is 11.8. The van der Waals surface area contributed by atoms with E-state index < -0.39 is 5.91 Å². The summed E-state index contributed by atoms with van der Waals surface area (Å²) >= 11 is 1.41. The van der Waals surface area contributed by atoms with E-state index in [1.54, 1.807) is 6.20 Å². The Morgan fingerprint density at radius 1 is 1.16 bits per heavy atom. The van der Waals surface area contributed by atoms with Crippen molar-refractivity contribution in [1.82, 2.24) is 9.97 Å². The first-order valence-corrected chi connectivity index (χ1v) is 8.86. The number of nitrogens with zero attached hydrogens (tertiary/aromatic N) is 2. The van der Waals surface area contributed by atoms with Crippen LogP contribution >= 0.6 is 11.8 Å². The summed E-state index contributed by atoms with van der Waals surface area (Å²) < 4.78 is 5.80. The number of amides is 1. The summed E-state index contributed by atoms with van der Waals surface area (Å²) in [5, 5.41) is 0.618. The molecule has 3 rings (SSSR count). The molecule has 2 aromatic heterocycles. The third-order valence-electron chi connectivity index (χ3n) is 4.15. The molecule has 1 amide bonds. The lowest BCUT2D eigenvalue weighted by Gasteiger charge is -2.12. The van der Waals surface area contributed by atoms with E-state index in [1.165, 1.54) is 11.8 Å². The maximum Gasteiger partial charge on any atom is 0.251 e.